The van der Waals surface area contributed by atoms with Crippen LogP contribution in [0.15, 0.2) is 18.2 Å². The zero-order valence-corrected chi connectivity index (χ0v) is 10.3. The number of aromatic hydroxyl groups is 1. The highest BCUT2D eigenvalue weighted by molar-refractivity contribution is 5.44. The van der Waals surface area contributed by atoms with E-state index in [1.807, 2.05) is 6.07 Å². The number of phenols is 1. The van der Waals surface area contributed by atoms with Gasteiger partial charge in [-0.25, -0.2) is 0 Å². The highest BCUT2D eigenvalue weighted by Gasteiger charge is 2.24. The Labute approximate surface area is 103 Å². The van der Waals surface area contributed by atoms with Gasteiger partial charge in [0.1, 0.15) is 5.75 Å². The van der Waals surface area contributed by atoms with Gasteiger partial charge in [-0.15, -0.1) is 0 Å². The summed E-state index contributed by atoms with van der Waals surface area (Å²) < 4.78 is 0. The molecule has 3 rings (SSSR count). The lowest BCUT2D eigenvalue weighted by Gasteiger charge is -2.14. The first-order valence-corrected chi connectivity index (χ1v) is 6.89. The molecule has 0 heterocycles. The van der Waals surface area contributed by atoms with Crippen LogP contribution in [-0.2, 0) is 6.42 Å². The molecule has 0 bridgehead atoms. The normalized spacial score (nSPS) is 22.7. The van der Waals surface area contributed by atoms with E-state index in [1.165, 1.54) is 31.2 Å². The summed E-state index contributed by atoms with van der Waals surface area (Å²) in [5, 5.41) is 13.4. The van der Waals surface area contributed by atoms with Crippen molar-refractivity contribution >= 4 is 0 Å². The molecule has 1 aromatic carbocycles. The molecule has 1 unspecified atom stereocenters. The van der Waals surface area contributed by atoms with E-state index in [0.29, 0.717) is 11.8 Å². The Morgan fingerprint density at radius 3 is 2.94 bits per heavy atom. The first-order chi connectivity index (χ1) is 8.34. The quantitative estimate of drug-likeness (QED) is 0.763. The fourth-order valence-corrected chi connectivity index (χ4v) is 2.92. The smallest absolute Gasteiger partial charge is 0.119 e. The minimum atomic E-state index is 0.469. The summed E-state index contributed by atoms with van der Waals surface area (Å²) in [4.78, 5) is 0. The van der Waals surface area contributed by atoms with Gasteiger partial charge in [-0.05, 0) is 55.3 Å². The van der Waals surface area contributed by atoms with Crippen molar-refractivity contribution < 1.29 is 5.11 Å². The van der Waals surface area contributed by atoms with Crippen LogP contribution in [-0.4, -0.2) is 11.7 Å². The van der Waals surface area contributed by atoms with Crippen LogP contribution in [0.5, 0.6) is 5.75 Å². The average molecular weight is 231 g/mol. The first-order valence-electron chi connectivity index (χ1n) is 6.89. The van der Waals surface area contributed by atoms with Crippen molar-refractivity contribution in [1.82, 2.24) is 5.32 Å². The molecule has 2 aliphatic rings. The van der Waals surface area contributed by atoms with Crippen molar-refractivity contribution in [2.75, 3.05) is 6.54 Å². The summed E-state index contributed by atoms with van der Waals surface area (Å²) in [5.74, 6) is 1.52. The molecule has 0 spiro atoms. The average Bonchev–Trinajstić information content (AvgIpc) is 3.06. The molecule has 0 saturated heterocycles. The van der Waals surface area contributed by atoms with Crippen LogP contribution in [0.25, 0.3) is 0 Å². The fraction of sp³-hybridized carbons (Fsp3) is 0.600. The number of nitrogens with one attached hydrogen (secondary N) is 1. The van der Waals surface area contributed by atoms with Gasteiger partial charge >= 0.3 is 0 Å². The highest BCUT2D eigenvalue weighted by atomic mass is 16.3. The molecular formula is C15H21NO. The van der Waals surface area contributed by atoms with Gasteiger partial charge in [-0.2, -0.15) is 0 Å². The van der Waals surface area contributed by atoms with Crippen LogP contribution in [0.1, 0.15) is 49.3 Å². The molecule has 2 nitrogen and oxygen atoms in total. The predicted octanol–water partition coefficient (Wildman–Crippen LogP) is 3.16. The van der Waals surface area contributed by atoms with Gasteiger partial charge in [0, 0.05) is 6.04 Å². The van der Waals surface area contributed by atoms with Crippen LogP contribution < -0.4 is 5.32 Å². The Bertz CT molecular complexity index is 398. The molecule has 1 fully saturated rings. The van der Waals surface area contributed by atoms with E-state index in [2.05, 4.69) is 11.4 Å². The van der Waals surface area contributed by atoms with E-state index in [-0.39, 0.29) is 0 Å². The molecule has 1 atom stereocenters. The molecule has 0 aliphatic heterocycles. The lowest BCUT2D eigenvalue weighted by atomic mass is 10.1. The van der Waals surface area contributed by atoms with E-state index in [9.17, 15) is 5.11 Å². The molecule has 0 amide bonds. The minimum Gasteiger partial charge on any atom is -0.508 e. The van der Waals surface area contributed by atoms with Gasteiger partial charge in [-0.1, -0.05) is 25.0 Å². The molecule has 0 radical (unpaired) electrons. The molecule has 2 heteroatoms. The SMILES string of the molecule is Oc1cccc2c1CCC2NCCCC1CC1. The molecule has 1 saturated carbocycles. The number of rotatable bonds is 5. The van der Waals surface area contributed by atoms with Gasteiger partial charge in [0.05, 0.1) is 0 Å². The van der Waals surface area contributed by atoms with Crippen LogP contribution >= 0.6 is 0 Å². The van der Waals surface area contributed by atoms with E-state index in [1.54, 1.807) is 6.07 Å². The summed E-state index contributed by atoms with van der Waals surface area (Å²) in [7, 11) is 0. The third-order valence-corrected chi connectivity index (χ3v) is 4.12. The van der Waals surface area contributed by atoms with Gasteiger partial charge in [0.2, 0.25) is 0 Å². The number of fused-ring (bicyclic) bond motifs is 1. The van der Waals surface area contributed by atoms with E-state index in [0.717, 1.165) is 30.9 Å². The molecule has 1 aromatic rings. The van der Waals surface area contributed by atoms with Crippen LogP contribution in [0.2, 0.25) is 0 Å². The Morgan fingerprint density at radius 1 is 1.24 bits per heavy atom. The van der Waals surface area contributed by atoms with Crippen molar-refractivity contribution in [1.29, 1.82) is 0 Å². The summed E-state index contributed by atoms with van der Waals surface area (Å²) in [6.45, 7) is 1.12. The molecule has 0 aromatic heterocycles. The third kappa shape index (κ3) is 2.47. The Morgan fingerprint density at radius 2 is 2.12 bits per heavy atom. The Kier molecular flexibility index (Phi) is 3.06. The van der Waals surface area contributed by atoms with Crippen molar-refractivity contribution in [2.24, 2.45) is 5.92 Å². The van der Waals surface area contributed by atoms with E-state index in [4.69, 9.17) is 0 Å². The standard InChI is InChI=1S/C15H21NO/c17-15-5-1-4-12-13(15)8-9-14(12)16-10-2-3-11-6-7-11/h1,4-5,11,14,16-17H,2-3,6-10H2. The van der Waals surface area contributed by atoms with Gasteiger partial charge in [0.15, 0.2) is 0 Å². The molecule has 17 heavy (non-hydrogen) atoms. The molecule has 2 aliphatic carbocycles. The molecule has 2 N–H and O–H groups in total. The second-order valence-electron chi connectivity index (χ2n) is 5.48. The summed E-state index contributed by atoms with van der Waals surface area (Å²) >= 11 is 0. The molecular weight excluding hydrogens is 210 g/mol. The van der Waals surface area contributed by atoms with Crippen LogP contribution in [0.4, 0.5) is 0 Å². The van der Waals surface area contributed by atoms with Crippen molar-refractivity contribution in [3.8, 4) is 5.75 Å². The molecule has 92 valence electrons. The largest absolute Gasteiger partial charge is 0.508 e. The summed E-state index contributed by atoms with van der Waals surface area (Å²) in [6.07, 6.45) is 7.76. The Hall–Kier alpha value is -1.02. The second-order valence-corrected chi connectivity index (χ2v) is 5.48. The first kappa shape index (κ1) is 11.1. The maximum absolute atomic E-state index is 9.77. The lowest BCUT2D eigenvalue weighted by Crippen LogP contribution is -2.20. The van der Waals surface area contributed by atoms with Crippen LogP contribution in [0.3, 0.4) is 0 Å². The predicted molar refractivity (Wildman–Crippen MR) is 69.1 cm³/mol. The third-order valence-electron chi connectivity index (χ3n) is 4.12. The Balaban J connectivity index is 1.53. The van der Waals surface area contributed by atoms with Crippen LogP contribution in [0, 0.1) is 5.92 Å². The van der Waals surface area contributed by atoms with Gasteiger partial charge < -0.3 is 10.4 Å². The minimum absolute atomic E-state index is 0.469. The monoisotopic (exact) mass is 231 g/mol. The fourth-order valence-electron chi connectivity index (χ4n) is 2.92. The van der Waals surface area contributed by atoms with Crippen molar-refractivity contribution in [3.63, 3.8) is 0 Å². The zero-order chi connectivity index (χ0) is 11.7. The van der Waals surface area contributed by atoms with E-state index < -0.39 is 0 Å². The summed E-state index contributed by atoms with van der Waals surface area (Å²) in [5.41, 5.74) is 2.48. The maximum atomic E-state index is 9.77. The topological polar surface area (TPSA) is 32.3 Å². The zero-order valence-electron chi connectivity index (χ0n) is 10.3. The number of benzene rings is 1. The number of hydrogen-bond donors (Lipinski definition) is 2. The lowest BCUT2D eigenvalue weighted by molar-refractivity contribution is 0.469. The highest BCUT2D eigenvalue weighted by Crippen LogP contribution is 2.36. The number of hydrogen-bond acceptors (Lipinski definition) is 2. The van der Waals surface area contributed by atoms with Crippen molar-refractivity contribution in [2.45, 2.75) is 44.6 Å². The maximum Gasteiger partial charge on any atom is 0.119 e. The van der Waals surface area contributed by atoms with E-state index >= 15 is 0 Å². The summed E-state index contributed by atoms with van der Waals surface area (Å²) in [6, 6.07) is 6.38. The van der Waals surface area contributed by atoms with Gasteiger partial charge in [-0.3, -0.25) is 0 Å². The van der Waals surface area contributed by atoms with Gasteiger partial charge in [0.25, 0.3) is 0 Å². The second kappa shape index (κ2) is 4.69. The number of phenolic OH excluding ortho intramolecular Hbond substituents is 1. The van der Waals surface area contributed by atoms with Crippen molar-refractivity contribution in [3.05, 3.63) is 29.3 Å².